The number of fused-ring (bicyclic) bond motifs is 2. The van der Waals surface area contributed by atoms with Gasteiger partial charge in [0.05, 0.1) is 5.56 Å². The number of nitrogens with one attached hydrogen (secondary N) is 2. The molecule has 3 amide bonds. The highest BCUT2D eigenvalue weighted by atomic mass is 35.5. The van der Waals surface area contributed by atoms with E-state index in [-0.39, 0.29) is 6.03 Å². The van der Waals surface area contributed by atoms with Gasteiger partial charge in [-0.2, -0.15) is 0 Å². The van der Waals surface area contributed by atoms with Crippen LogP contribution in [0.2, 0.25) is 5.02 Å². The van der Waals surface area contributed by atoms with Gasteiger partial charge in [0.2, 0.25) is 5.91 Å². The lowest BCUT2D eigenvalue weighted by Crippen LogP contribution is -2.25. The molecule has 4 N–H and O–H groups in total. The maximum absolute atomic E-state index is 12.6. The molecule has 2 aromatic carbocycles. The van der Waals surface area contributed by atoms with Gasteiger partial charge in [-0.3, -0.25) is 9.52 Å². The topological polar surface area (TPSA) is 84.2 Å². The van der Waals surface area contributed by atoms with Crippen molar-refractivity contribution >= 4 is 41.2 Å². The monoisotopic (exact) mass is 401 g/mol. The summed E-state index contributed by atoms with van der Waals surface area (Å²) in [5, 5.41) is 3.53. The largest absolute Gasteiger partial charge is 0.366 e. The van der Waals surface area contributed by atoms with Gasteiger partial charge in [0, 0.05) is 15.6 Å². The molecule has 0 heterocycles. The molecule has 140 valence electrons. The van der Waals surface area contributed by atoms with Gasteiger partial charge in [-0.25, -0.2) is 4.79 Å². The Balaban J connectivity index is 1.52. The summed E-state index contributed by atoms with van der Waals surface area (Å²) in [5.41, 5.74) is 12.0. The highest BCUT2D eigenvalue weighted by molar-refractivity contribution is 7.98. The molecule has 0 saturated carbocycles. The standard InChI is InChI=1S/C20H20ClN3O2S/c21-13-7-8-16(19(22)25)17(10-13)27-24-20(26)23-18-14-5-1-3-11(14)9-12-4-2-6-15(12)18/h7-10H,1-6H2,(H2,22,25)(H2,23,24,26). The maximum Gasteiger partial charge on any atom is 0.329 e. The Bertz CT molecular complexity index is 913. The van der Waals surface area contributed by atoms with Crippen molar-refractivity contribution in [1.29, 1.82) is 0 Å². The zero-order valence-corrected chi connectivity index (χ0v) is 16.3. The SMILES string of the molecule is NC(=O)c1ccc(Cl)cc1SNC(=O)Nc1c2c(cc3c1CCC3)CCC2. The molecule has 0 unspecified atom stereocenters. The van der Waals surface area contributed by atoms with Crippen LogP contribution in [0.25, 0.3) is 0 Å². The number of hydrogen-bond acceptors (Lipinski definition) is 3. The molecule has 0 saturated heterocycles. The number of primary amides is 1. The number of urea groups is 1. The zero-order valence-electron chi connectivity index (χ0n) is 14.7. The van der Waals surface area contributed by atoms with Gasteiger partial charge < -0.3 is 11.1 Å². The van der Waals surface area contributed by atoms with E-state index in [1.807, 2.05) is 0 Å². The third-order valence-corrected chi connectivity index (χ3v) is 6.25. The van der Waals surface area contributed by atoms with Crippen molar-refractivity contribution in [2.75, 3.05) is 5.32 Å². The first-order valence-corrected chi connectivity index (χ1v) is 10.2. The van der Waals surface area contributed by atoms with E-state index in [0.717, 1.165) is 56.2 Å². The molecule has 0 spiro atoms. The van der Waals surface area contributed by atoms with E-state index in [1.165, 1.54) is 22.3 Å². The molecule has 5 nitrogen and oxygen atoms in total. The summed E-state index contributed by atoms with van der Waals surface area (Å²) in [7, 11) is 0. The molecule has 0 aliphatic heterocycles. The molecule has 0 aromatic heterocycles. The number of aryl methyl sites for hydroxylation is 2. The first-order valence-electron chi connectivity index (χ1n) is 9.02. The third kappa shape index (κ3) is 3.64. The molecule has 4 rings (SSSR count). The molecule has 27 heavy (non-hydrogen) atoms. The van der Waals surface area contributed by atoms with E-state index in [0.29, 0.717) is 15.5 Å². The summed E-state index contributed by atoms with van der Waals surface area (Å²) in [5.74, 6) is -0.560. The van der Waals surface area contributed by atoms with Crippen molar-refractivity contribution in [3.63, 3.8) is 0 Å². The second kappa shape index (κ2) is 7.44. The summed E-state index contributed by atoms with van der Waals surface area (Å²) >= 11 is 7.04. The lowest BCUT2D eigenvalue weighted by atomic mass is 9.99. The number of rotatable bonds is 4. The third-order valence-electron chi connectivity index (χ3n) is 5.17. The molecular formula is C20H20ClN3O2S. The lowest BCUT2D eigenvalue weighted by molar-refractivity contribution is 0.0997. The van der Waals surface area contributed by atoms with Gasteiger partial charge in [-0.1, -0.05) is 17.7 Å². The second-order valence-electron chi connectivity index (χ2n) is 6.90. The fourth-order valence-electron chi connectivity index (χ4n) is 3.99. The Hall–Kier alpha value is -2.18. The van der Waals surface area contributed by atoms with Crippen LogP contribution in [0.15, 0.2) is 29.2 Å². The number of anilines is 1. The number of nitrogens with two attached hydrogens (primary N) is 1. The van der Waals surface area contributed by atoms with Crippen molar-refractivity contribution in [3.05, 3.63) is 57.1 Å². The summed E-state index contributed by atoms with van der Waals surface area (Å²) in [4.78, 5) is 24.6. The molecule has 0 atom stereocenters. The van der Waals surface area contributed by atoms with Gasteiger partial charge in [0.15, 0.2) is 0 Å². The van der Waals surface area contributed by atoms with Gasteiger partial charge >= 0.3 is 6.03 Å². The van der Waals surface area contributed by atoms with Crippen LogP contribution in [0.5, 0.6) is 0 Å². The number of halogens is 1. The fourth-order valence-corrected chi connectivity index (χ4v) is 4.95. The molecule has 0 radical (unpaired) electrons. The Morgan fingerprint density at radius 3 is 2.30 bits per heavy atom. The van der Waals surface area contributed by atoms with E-state index in [4.69, 9.17) is 17.3 Å². The molecular weight excluding hydrogens is 382 g/mol. The van der Waals surface area contributed by atoms with Crippen LogP contribution in [0.4, 0.5) is 10.5 Å². The molecule has 2 aliphatic rings. The van der Waals surface area contributed by atoms with E-state index in [9.17, 15) is 9.59 Å². The lowest BCUT2D eigenvalue weighted by Gasteiger charge is -2.16. The quantitative estimate of drug-likeness (QED) is 0.669. The van der Waals surface area contributed by atoms with Crippen LogP contribution in [0, 0.1) is 0 Å². The molecule has 0 bridgehead atoms. The minimum Gasteiger partial charge on any atom is -0.366 e. The van der Waals surface area contributed by atoms with Crippen molar-refractivity contribution in [2.45, 2.75) is 43.4 Å². The minimum absolute atomic E-state index is 0.315. The number of carbonyl (C=O) groups is 2. The highest BCUT2D eigenvalue weighted by Gasteiger charge is 2.25. The average Bonchev–Trinajstić information content (AvgIpc) is 3.28. The summed E-state index contributed by atoms with van der Waals surface area (Å²) < 4.78 is 2.75. The van der Waals surface area contributed by atoms with Crippen LogP contribution in [0.3, 0.4) is 0 Å². The normalized spacial score (nSPS) is 14.6. The second-order valence-corrected chi connectivity index (χ2v) is 8.18. The first kappa shape index (κ1) is 18.2. The highest BCUT2D eigenvalue weighted by Crippen LogP contribution is 2.38. The van der Waals surface area contributed by atoms with Crippen LogP contribution in [0.1, 0.15) is 45.5 Å². The Morgan fingerprint density at radius 1 is 1.00 bits per heavy atom. The molecule has 2 aromatic rings. The van der Waals surface area contributed by atoms with E-state index >= 15 is 0 Å². The minimum atomic E-state index is -0.560. The predicted octanol–water partition coefficient (Wildman–Crippen LogP) is 4.25. The Labute approximate surface area is 167 Å². The zero-order chi connectivity index (χ0) is 19.0. The van der Waals surface area contributed by atoms with E-state index in [1.54, 1.807) is 18.2 Å². The number of hydrogen-bond donors (Lipinski definition) is 3. The van der Waals surface area contributed by atoms with Gasteiger partial charge in [-0.15, -0.1) is 0 Å². The molecule has 2 aliphatic carbocycles. The Kier molecular flexibility index (Phi) is 5.02. The molecule has 0 fully saturated rings. The number of amides is 3. The summed E-state index contributed by atoms with van der Waals surface area (Å²) in [6, 6.07) is 6.79. The van der Waals surface area contributed by atoms with Gasteiger partial charge in [-0.05, 0) is 90.9 Å². The van der Waals surface area contributed by atoms with Crippen LogP contribution in [-0.4, -0.2) is 11.9 Å². The van der Waals surface area contributed by atoms with Crippen LogP contribution in [-0.2, 0) is 25.7 Å². The van der Waals surface area contributed by atoms with Crippen molar-refractivity contribution in [1.82, 2.24) is 4.72 Å². The molecule has 7 heteroatoms. The summed E-state index contributed by atoms with van der Waals surface area (Å²) in [6.07, 6.45) is 6.44. The van der Waals surface area contributed by atoms with E-state index < -0.39 is 5.91 Å². The summed E-state index contributed by atoms with van der Waals surface area (Å²) in [6.45, 7) is 0. The fraction of sp³-hybridized carbons (Fsp3) is 0.300. The predicted molar refractivity (Wildman–Crippen MR) is 108 cm³/mol. The number of benzene rings is 2. The number of carbonyl (C=O) groups excluding carboxylic acids is 2. The maximum atomic E-state index is 12.6. The smallest absolute Gasteiger partial charge is 0.329 e. The van der Waals surface area contributed by atoms with Crippen molar-refractivity contribution in [3.8, 4) is 0 Å². The van der Waals surface area contributed by atoms with Crippen molar-refractivity contribution in [2.24, 2.45) is 5.73 Å². The van der Waals surface area contributed by atoms with Gasteiger partial charge in [0.1, 0.15) is 0 Å². The average molecular weight is 402 g/mol. The van der Waals surface area contributed by atoms with Crippen LogP contribution >= 0.6 is 23.5 Å². The van der Waals surface area contributed by atoms with Gasteiger partial charge in [0.25, 0.3) is 0 Å². The van der Waals surface area contributed by atoms with Crippen LogP contribution < -0.4 is 15.8 Å². The first-order chi connectivity index (χ1) is 13.0. The van der Waals surface area contributed by atoms with E-state index in [2.05, 4.69) is 16.1 Å². The van der Waals surface area contributed by atoms with Crippen molar-refractivity contribution < 1.29 is 9.59 Å². The Morgan fingerprint density at radius 2 is 1.67 bits per heavy atom.